The van der Waals surface area contributed by atoms with Gasteiger partial charge in [-0.15, -0.1) is 0 Å². The number of carbonyl (C=O) groups is 1. The number of benzene rings is 2. The van der Waals surface area contributed by atoms with E-state index in [0.29, 0.717) is 36.6 Å². The van der Waals surface area contributed by atoms with Gasteiger partial charge >= 0.3 is 0 Å². The van der Waals surface area contributed by atoms with Crippen molar-refractivity contribution in [3.8, 4) is 17.2 Å². The third-order valence-corrected chi connectivity index (χ3v) is 5.27. The molecule has 0 saturated heterocycles. The summed E-state index contributed by atoms with van der Waals surface area (Å²) in [5, 5.41) is 3.11. The van der Waals surface area contributed by atoms with Gasteiger partial charge in [-0.05, 0) is 36.5 Å². The molecule has 1 amide bonds. The summed E-state index contributed by atoms with van der Waals surface area (Å²) in [6, 6.07) is 14.2. The Balaban J connectivity index is 1.58. The van der Waals surface area contributed by atoms with Gasteiger partial charge in [-0.3, -0.25) is 4.79 Å². The minimum atomic E-state index is 0.0500. The lowest BCUT2D eigenvalue weighted by Crippen LogP contribution is -2.32. The van der Waals surface area contributed by atoms with Crippen LogP contribution in [0.2, 0.25) is 0 Å². The van der Waals surface area contributed by atoms with Crippen LogP contribution >= 0.6 is 0 Å². The monoisotopic (exact) mass is 369 g/mol. The summed E-state index contributed by atoms with van der Waals surface area (Å²) in [6.45, 7) is 0.693. The van der Waals surface area contributed by atoms with Crippen molar-refractivity contribution < 1.29 is 19.0 Å². The van der Waals surface area contributed by atoms with Crippen molar-refractivity contribution in [3.05, 3.63) is 53.6 Å². The van der Waals surface area contributed by atoms with Crippen LogP contribution in [-0.2, 0) is 16.6 Å². The van der Waals surface area contributed by atoms with Crippen molar-refractivity contribution in [2.24, 2.45) is 0 Å². The van der Waals surface area contributed by atoms with Gasteiger partial charge in [0.2, 0.25) is 11.7 Å². The summed E-state index contributed by atoms with van der Waals surface area (Å²) in [4.78, 5) is 12.4. The summed E-state index contributed by atoms with van der Waals surface area (Å²) < 4.78 is 16.2. The first-order valence-electron chi connectivity index (χ1n) is 9.23. The quantitative estimate of drug-likeness (QED) is 0.735. The number of hydrogen-bond acceptors (Lipinski definition) is 4. The number of amides is 1. The molecule has 5 nitrogen and oxygen atoms in total. The lowest BCUT2D eigenvalue weighted by molar-refractivity contribution is -0.121. The normalized spacial score (nSPS) is 14.3. The standard InChI is InChI=1S/C22H27NO4/c1-25-18-11-9-16(20(26-2)21(18)27-3)10-12-19(24)23-15-22(13-14-22)17-7-5-4-6-8-17/h4-9,11H,10,12-15H2,1-3H3,(H,23,24). The molecule has 0 aromatic heterocycles. The number of ether oxygens (including phenoxy) is 3. The molecule has 0 unspecified atom stereocenters. The van der Waals surface area contributed by atoms with Crippen molar-refractivity contribution in [1.82, 2.24) is 5.32 Å². The van der Waals surface area contributed by atoms with Crippen molar-refractivity contribution in [3.63, 3.8) is 0 Å². The molecule has 5 heteroatoms. The predicted molar refractivity (Wildman–Crippen MR) is 105 cm³/mol. The van der Waals surface area contributed by atoms with Crippen LogP contribution in [0.3, 0.4) is 0 Å². The third kappa shape index (κ3) is 4.18. The van der Waals surface area contributed by atoms with E-state index in [1.807, 2.05) is 18.2 Å². The highest BCUT2D eigenvalue weighted by Gasteiger charge is 2.44. The minimum absolute atomic E-state index is 0.0500. The molecule has 0 atom stereocenters. The zero-order valence-corrected chi connectivity index (χ0v) is 16.2. The molecule has 2 aromatic rings. The molecule has 1 fully saturated rings. The average Bonchev–Trinajstić information content (AvgIpc) is 3.51. The van der Waals surface area contributed by atoms with E-state index in [9.17, 15) is 4.79 Å². The van der Waals surface area contributed by atoms with Crippen molar-refractivity contribution in [2.45, 2.75) is 31.1 Å². The highest BCUT2D eigenvalue weighted by molar-refractivity contribution is 5.76. The van der Waals surface area contributed by atoms with E-state index in [1.165, 1.54) is 5.56 Å². The molecule has 2 aromatic carbocycles. The Labute approximate surface area is 160 Å². The number of nitrogens with one attached hydrogen (secondary N) is 1. The Morgan fingerprint density at radius 3 is 2.26 bits per heavy atom. The second-order valence-electron chi connectivity index (χ2n) is 6.92. The first kappa shape index (κ1) is 19.1. The van der Waals surface area contributed by atoms with Crippen molar-refractivity contribution in [2.75, 3.05) is 27.9 Å². The van der Waals surface area contributed by atoms with E-state index in [-0.39, 0.29) is 11.3 Å². The van der Waals surface area contributed by atoms with E-state index in [2.05, 4.69) is 29.6 Å². The molecular formula is C22H27NO4. The van der Waals surface area contributed by atoms with E-state index in [4.69, 9.17) is 14.2 Å². The first-order valence-corrected chi connectivity index (χ1v) is 9.23. The first-order chi connectivity index (χ1) is 13.1. The van der Waals surface area contributed by atoms with Crippen LogP contribution < -0.4 is 19.5 Å². The molecule has 0 spiro atoms. The number of rotatable bonds is 9. The SMILES string of the molecule is COc1ccc(CCC(=O)NCC2(c3ccccc3)CC2)c(OC)c1OC. The molecule has 0 radical (unpaired) electrons. The van der Waals surface area contributed by atoms with Gasteiger partial charge < -0.3 is 19.5 Å². The zero-order valence-electron chi connectivity index (χ0n) is 16.2. The molecule has 144 valence electrons. The Bertz CT molecular complexity index is 784. The van der Waals surface area contributed by atoms with E-state index < -0.39 is 0 Å². The molecule has 1 aliphatic carbocycles. The van der Waals surface area contributed by atoms with Gasteiger partial charge in [0.25, 0.3) is 0 Å². The zero-order chi connectivity index (χ0) is 19.3. The maximum Gasteiger partial charge on any atom is 0.220 e. The number of hydrogen-bond donors (Lipinski definition) is 1. The van der Waals surface area contributed by atoms with Gasteiger partial charge in [0, 0.05) is 18.4 Å². The van der Waals surface area contributed by atoms with Gasteiger partial charge in [-0.1, -0.05) is 36.4 Å². The highest BCUT2D eigenvalue weighted by atomic mass is 16.5. The van der Waals surface area contributed by atoms with E-state index in [0.717, 1.165) is 18.4 Å². The van der Waals surface area contributed by atoms with Gasteiger partial charge in [-0.2, -0.15) is 0 Å². The molecular weight excluding hydrogens is 342 g/mol. The fourth-order valence-electron chi connectivity index (χ4n) is 3.47. The lowest BCUT2D eigenvalue weighted by Gasteiger charge is -2.17. The molecule has 1 N–H and O–H groups in total. The molecule has 0 bridgehead atoms. The summed E-state index contributed by atoms with van der Waals surface area (Å²) in [5.41, 5.74) is 2.36. The molecule has 27 heavy (non-hydrogen) atoms. The molecule has 0 aliphatic heterocycles. The van der Waals surface area contributed by atoms with Crippen LogP contribution in [0.4, 0.5) is 0 Å². The second kappa shape index (κ2) is 8.33. The summed E-state index contributed by atoms with van der Waals surface area (Å²) in [5.74, 6) is 1.83. The fraction of sp³-hybridized carbons (Fsp3) is 0.409. The van der Waals surface area contributed by atoms with Crippen molar-refractivity contribution >= 4 is 5.91 Å². The van der Waals surface area contributed by atoms with Crippen molar-refractivity contribution in [1.29, 1.82) is 0 Å². The summed E-state index contributed by atoms with van der Waals surface area (Å²) >= 11 is 0. The third-order valence-electron chi connectivity index (χ3n) is 5.27. The molecule has 3 rings (SSSR count). The van der Waals surface area contributed by atoms with Gasteiger partial charge in [0.15, 0.2) is 11.5 Å². The molecule has 1 aliphatic rings. The Hall–Kier alpha value is -2.69. The largest absolute Gasteiger partial charge is 0.493 e. The maximum atomic E-state index is 12.4. The molecule has 1 saturated carbocycles. The minimum Gasteiger partial charge on any atom is -0.493 e. The predicted octanol–water partition coefficient (Wildman–Crippen LogP) is 3.49. The van der Waals surface area contributed by atoms with Gasteiger partial charge in [0.1, 0.15) is 0 Å². The van der Waals surface area contributed by atoms with Crippen LogP contribution in [0.15, 0.2) is 42.5 Å². The van der Waals surface area contributed by atoms with E-state index in [1.54, 1.807) is 21.3 Å². The second-order valence-corrected chi connectivity index (χ2v) is 6.92. The highest BCUT2D eigenvalue weighted by Crippen LogP contribution is 2.47. The van der Waals surface area contributed by atoms with Crippen LogP contribution in [0, 0.1) is 0 Å². The number of carbonyl (C=O) groups excluding carboxylic acids is 1. The topological polar surface area (TPSA) is 56.8 Å². The van der Waals surface area contributed by atoms with Crippen LogP contribution in [0.1, 0.15) is 30.4 Å². The smallest absolute Gasteiger partial charge is 0.220 e. The molecule has 0 heterocycles. The summed E-state index contributed by atoms with van der Waals surface area (Å²) in [6.07, 6.45) is 3.23. The maximum absolute atomic E-state index is 12.4. The van der Waals surface area contributed by atoms with E-state index >= 15 is 0 Å². The van der Waals surface area contributed by atoms with Crippen LogP contribution in [0.5, 0.6) is 17.2 Å². The Morgan fingerprint density at radius 1 is 0.963 bits per heavy atom. The Morgan fingerprint density at radius 2 is 1.67 bits per heavy atom. The number of aryl methyl sites for hydroxylation is 1. The van der Waals surface area contributed by atoms with Gasteiger partial charge in [0.05, 0.1) is 21.3 Å². The number of methoxy groups -OCH3 is 3. The van der Waals surface area contributed by atoms with Crippen LogP contribution in [0.25, 0.3) is 0 Å². The lowest BCUT2D eigenvalue weighted by atomic mass is 9.96. The Kier molecular flexibility index (Phi) is 5.89. The summed E-state index contributed by atoms with van der Waals surface area (Å²) in [7, 11) is 4.76. The van der Waals surface area contributed by atoms with Gasteiger partial charge in [-0.25, -0.2) is 0 Å². The van der Waals surface area contributed by atoms with Crippen LogP contribution in [-0.4, -0.2) is 33.8 Å². The average molecular weight is 369 g/mol. The fourth-order valence-corrected chi connectivity index (χ4v) is 3.47.